The molecule has 0 heterocycles. The van der Waals surface area contributed by atoms with Crippen LogP contribution in [-0.4, -0.2) is 16.8 Å². The fraction of sp³-hybridized carbons (Fsp3) is 0.188. The fourth-order valence-corrected chi connectivity index (χ4v) is 2.90. The Balaban J connectivity index is 2.25. The van der Waals surface area contributed by atoms with E-state index >= 15 is 0 Å². The molecule has 2 rings (SSSR count). The minimum absolute atomic E-state index is 0.205. The minimum Gasteiger partial charge on any atom is -0.488 e. The summed E-state index contributed by atoms with van der Waals surface area (Å²) in [6, 6.07) is 12.6. The summed E-state index contributed by atoms with van der Waals surface area (Å²) in [6.45, 7) is 2.22. The maximum absolute atomic E-state index is 11.5. The van der Waals surface area contributed by atoms with Crippen molar-refractivity contribution < 1.29 is 14.6 Å². The smallest absolute Gasteiger partial charge is 0.340 e. The Morgan fingerprint density at radius 1 is 1.24 bits per heavy atom. The normalized spacial score (nSPS) is 10.4. The molecule has 0 spiro atoms. The molecule has 0 fully saturated rings. The average molecular weight is 323 g/mol. The summed E-state index contributed by atoms with van der Waals surface area (Å²) in [7, 11) is 0. The lowest BCUT2D eigenvalue weighted by atomic mass is 10.2. The summed E-state index contributed by atoms with van der Waals surface area (Å²) in [4.78, 5) is 12.2. The summed E-state index contributed by atoms with van der Waals surface area (Å²) in [5.74, 6) is 0.176. The number of hydrogen-bond acceptors (Lipinski definition) is 3. The maximum Gasteiger partial charge on any atom is 0.340 e. The first-order valence-corrected chi connectivity index (χ1v) is 7.85. The molecule has 110 valence electrons. The van der Waals surface area contributed by atoms with Crippen molar-refractivity contribution in [3.8, 4) is 5.75 Å². The van der Waals surface area contributed by atoms with Crippen molar-refractivity contribution in [2.75, 3.05) is 5.75 Å². The molecule has 0 atom stereocenters. The second kappa shape index (κ2) is 7.38. The first-order valence-electron chi connectivity index (χ1n) is 6.48. The Labute approximate surface area is 132 Å². The van der Waals surface area contributed by atoms with Crippen LogP contribution in [0.15, 0.2) is 47.4 Å². The van der Waals surface area contributed by atoms with E-state index < -0.39 is 5.97 Å². The zero-order valence-corrected chi connectivity index (χ0v) is 13.1. The Kier molecular flexibility index (Phi) is 5.53. The van der Waals surface area contributed by atoms with Gasteiger partial charge in [0.2, 0.25) is 0 Å². The third kappa shape index (κ3) is 3.93. The lowest BCUT2D eigenvalue weighted by Gasteiger charge is -2.12. The third-order valence-electron chi connectivity index (χ3n) is 2.84. The van der Waals surface area contributed by atoms with Crippen LogP contribution < -0.4 is 4.74 Å². The molecule has 21 heavy (non-hydrogen) atoms. The monoisotopic (exact) mass is 322 g/mol. The minimum atomic E-state index is -0.985. The van der Waals surface area contributed by atoms with Gasteiger partial charge < -0.3 is 9.84 Å². The number of carboxylic acids is 1. The van der Waals surface area contributed by atoms with Crippen LogP contribution in [0.3, 0.4) is 0 Å². The SMILES string of the molecule is CCSc1cccc(OCc2ccccc2Cl)c1C(=O)O. The molecule has 0 aliphatic heterocycles. The maximum atomic E-state index is 11.5. The highest BCUT2D eigenvalue weighted by atomic mass is 35.5. The molecule has 0 aliphatic rings. The highest BCUT2D eigenvalue weighted by Crippen LogP contribution is 2.31. The van der Waals surface area contributed by atoms with Gasteiger partial charge in [0.25, 0.3) is 0 Å². The molecule has 0 bridgehead atoms. The Morgan fingerprint density at radius 3 is 2.67 bits per heavy atom. The number of benzene rings is 2. The van der Waals surface area contributed by atoms with Crippen LogP contribution in [0.25, 0.3) is 0 Å². The zero-order chi connectivity index (χ0) is 15.2. The van der Waals surface area contributed by atoms with Crippen LogP contribution in [0.2, 0.25) is 5.02 Å². The molecule has 0 saturated carbocycles. The Bertz CT molecular complexity index is 643. The first kappa shape index (κ1) is 15.7. The van der Waals surface area contributed by atoms with Crippen molar-refractivity contribution in [3.63, 3.8) is 0 Å². The summed E-state index contributed by atoms with van der Waals surface area (Å²) in [6.07, 6.45) is 0. The van der Waals surface area contributed by atoms with Gasteiger partial charge >= 0.3 is 5.97 Å². The standard InChI is InChI=1S/C16H15ClO3S/c1-2-21-14-9-5-8-13(15(14)16(18)19)20-10-11-6-3-4-7-12(11)17/h3-9H,2,10H2,1H3,(H,18,19). The van der Waals surface area contributed by atoms with Gasteiger partial charge in [-0.2, -0.15) is 0 Å². The number of halogens is 1. The van der Waals surface area contributed by atoms with E-state index in [0.29, 0.717) is 15.7 Å². The van der Waals surface area contributed by atoms with E-state index in [-0.39, 0.29) is 12.2 Å². The number of thioether (sulfide) groups is 1. The molecule has 2 aromatic rings. The lowest BCUT2D eigenvalue weighted by molar-refractivity contribution is 0.0687. The highest BCUT2D eigenvalue weighted by molar-refractivity contribution is 7.99. The molecular formula is C16H15ClO3S. The van der Waals surface area contributed by atoms with Crippen LogP contribution in [0.5, 0.6) is 5.75 Å². The molecule has 3 nitrogen and oxygen atoms in total. The van der Waals surface area contributed by atoms with Gasteiger partial charge in [0.1, 0.15) is 17.9 Å². The van der Waals surface area contributed by atoms with E-state index in [2.05, 4.69) is 0 Å². The fourth-order valence-electron chi connectivity index (χ4n) is 1.89. The van der Waals surface area contributed by atoms with Crippen LogP contribution in [0.1, 0.15) is 22.8 Å². The predicted octanol–water partition coefficient (Wildman–Crippen LogP) is 4.73. The number of aromatic carboxylic acids is 1. The van der Waals surface area contributed by atoms with E-state index in [4.69, 9.17) is 16.3 Å². The zero-order valence-electron chi connectivity index (χ0n) is 11.5. The van der Waals surface area contributed by atoms with E-state index in [9.17, 15) is 9.90 Å². The summed E-state index contributed by atoms with van der Waals surface area (Å²) >= 11 is 7.56. The molecular weight excluding hydrogens is 308 g/mol. The van der Waals surface area contributed by atoms with Crippen molar-refractivity contribution >= 4 is 29.3 Å². The molecule has 1 N–H and O–H groups in total. The molecule has 0 aromatic heterocycles. The van der Waals surface area contributed by atoms with E-state index in [1.807, 2.05) is 25.1 Å². The Hall–Kier alpha value is -1.65. The van der Waals surface area contributed by atoms with Crippen molar-refractivity contribution in [2.24, 2.45) is 0 Å². The van der Waals surface area contributed by atoms with Gasteiger partial charge in [-0.3, -0.25) is 0 Å². The molecule has 2 aromatic carbocycles. The van der Waals surface area contributed by atoms with Crippen LogP contribution in [-0.2, 0) is 6.61 Å². The van der Waals surface area contributed by atoms with Crippen LogP contribution >= 0.6 is 23.4 Å². The van der Waals surface area contributed by atoms with E-state index in [1.54, 1.807) is 24.3 Å². The summed E-state index contributed by atoms with van der Waals surface area (Å²) in [5.41, 5.74) is 1.03. The Morgan fingerprint density at radius 2 is 2.00 bits per heavy atom. The van der Waals surface area contributed by atoms with E-state index in [1.165, 1.54) is 11.8 Å². The largest absolute Gasteiger partial charge is 0.488 e. The average Bonchev–Trinajstić information content (AvgIpc) is 2.46. The molecule has 0 amide bonds. The molecule has 0 saturated heterocycles. The van der Waals surface area contributed by atoms with Gasteiger partial charge in [-0.05, 0) is 24.0 Å². The second-order valence-corrected chi connectivity index (χ2v) is 5.96. The summed E-state index contributed by atoms with van der Waals surface area (Å²) in [5, 5.41) is 10.0. The number of rotatable bonds is 6. The third-order valence-corrected chi connectivity index (χ3v) is 4.15. The van der Waals surface area contributed by atoms with Crippen molar-refractivity contribution in [1.82, 2.24) is 0 Å². The summed E-state index contributed by atoms with van der Waals surface area (Å²) < 4.78 is 5.67. The quantitative estimate of drug-likeness (QED) is 0.781. The number of carbonyl (C=O) groups is 1. The van der Waals surface area contributed by atoms with E-state index in [0.717, 1.165) is 11.3 Å². The molecule has 0 radical (unpaired) electrons. The van der Waals surface area contributed by atoms with Gasteiger partial charge in [0.05, 0.1) is 0 Å². The number of hydrogen-bond donors (Lipinski definition) is 1. The predicted molar refractivity (Wildman–Crippen MR) is 85.6 cm³/mol. The molecule has 0 aliphatic carbocycles. The topological polar surface area (TPSA) is 46.5 Å². The first-order chi connectivity index (χ1) is 10.1. The number of carboxylic acid groups (broad SMARTS) is 1. The van der Waals surface area contributed by atoms with Gasteiger partial charge in [-0.15, -0.1) is 11.8 Å². The van der Waals surface area contributed by atoms with Gasteiger partial charge in [0, 0.05) is 15.5 Å². The molecule has 5 heteroatoms. The number of ether oxygens (including phenoxy) is 1. The van der Waals surface area contributed by atoms with Gasteiger partial charge in [-0.1, -0.05) is 42.8 Å². The van der Waals surface area contributed by atoms with Crippen LogP contribution in [0, 0.1) is 0 Å². The van der Waals surface area contributed by atoms with Gasteiger partial charge in [0.15, 0.2) is 0 Å². The highest BCUT2D eigenvalue weighted by Gasteiger charge is 2.17. The second-order valence-electron chi connectivity index (χ2n) is 4.25. The molecule has 0 unspecified atom stereocenters. The lowest BCUT2D eigenvalue weighted by Crippen LogP contribution is -2.05. The van der Waals surface area contributed by atoms with Crippen molar-refractivity contribution in [3.05, 3.63) is 58.6 Å². The van der Waals surface area contributed by atoms with Crippen LogP contribution in [0.4, 0.5) is 0 Å². The van der Waals surface area contributed by atoms with Crippen molar-refractivity contribution in [2.45, 2.75) is 18.4 Å². The van der Waals surface area contributed by atoms with Crippen molar-refractivity contribution in [1.29, 1.82) is 0 Å². The van der Waals surface area contributed by atoms with Gasteiger partial charge in [-0.25, -0.2) is 4.79 Å².